The van der Waals surface area contributed by atoms with Gasteiger partial charge in [0.25, 0.3) is 5.91 Å². The molecular formula is C37H42ClF2N6O7PS2. The molecule has 0 unspecified atom stereocenters. The molecule has 4 atom stereocenters. The molecule has 0 spiro atoms. The Hall–Kier alpha value is -3.83. The van der Waals surface area contributed by atoms with Gasteiger partial charge in [-0.2, -0.15) is 8.78 Å². The number of thiophene rings is 1. The third-order valence-electron chi connectivity index (χ3n) is 9.65. The van der Waals surface area contributed by atoms with Crippen LogP contribution in [0.15, 0.2) is 53.9 Å². The molecule has 4 aromatic rings. The largest absolute Gasteiger partial charge is 0.404 e. The lowest BCUT2D eigenvalue weighted by molar-refractivity contribution is -0.142. The van der Waals surface area contributed by atoms with Gasteiger partial charge in [-0.3, -0.25) is 23.7 Å². The van der Waals surface area contributed by atoms with Crippen LogP contribution in [0.3, 0.4) is 0 Å². The number of nitrogens with one attached hydrogen (secondary N) is 3. The first-order valence-electron chi connectivity index (χ1n) is 18.2. The van der Waals surface area contributed by atoms with Gasteiger partial charge < -0.3 is 35.6 Å². The Balaban J connectivity index is 1.18. The van der Waals surface area contributed by atoms with Crippen molar-refractivity contribution in [1.82, 2.24) is 25.8 Å². The highest BCUT2D eigenvalue weighted by atomic mass is 35.5. The summed E-state index contributed by atoms with van der Waals surface area (Å²) in [7, 11) is -4.85. The normalized spacial score (nSPS) is 19.6. The fourth-order valence-electron chi connectivity index (χ4n) is 6.93. The molecule has 300 valence electrons. The molecular weight excluding hydrogens is 809 g/mol. The average Bonchev–Trinajstić information content (AvgIpc) is 3.92. The highest BCUT2D eigenvalue weighted by Gasteiger charge is 2.55. The van der Waals surface area contributed by atoms with Gasteiger partial charge in [-0.1, -0.05) is 29.8 Å². The fraction of sp³-hybridized carbons (Fsp3) is 0.432. The van der Waals surface area contributed by atoms with E-state index in [1.807, 2.05) is 17.5 Å². The number of fused-ring (bicyclic) bond motifs is 2. The number of thiazole rings is 1. The molecule has 2 fully saturated rings. The van der Waals surface area contributed by atoms with Gasteiger partial charge in [0, 0.05) is 45.2 Å². The molecule has 4 amide bonds. The molecule has 2 saturated heterocycles. The van der Waals surface area contributed by atoms with Crippen LogP contribution in [0.5, 0.6) is 0 Å². The van der Waals surface area contributed by atoms with E-state index in [1.165, 1.54) is 37.3 Å². The molecule has 0 radical (unpaired) electrons. The SMILES string of the molecule is CCOP(=O)(OCC)C(F)(F)c1ccc2sc(C(=O)N[C@H]3CNCC[C@H]4CC[C@@H](C(=O)N[C@@H](CCC(N)=O)c5nc(-c6ccc(Cl)cc6)cs5)N4C3=O)cc2c1. The van der Waals surface area contributed by atoms with Gasteiger partial charge in [0.2, 0.25) is 17.7 Å². The number of amides is 4. The number of nitrogens with two attached hydrogens (primary N) is 1. The number of benzene rings is 2. The third kappa shape index (κ3) is 8.99. The van der Waals surface area contributed by atoms with Gasteiger partial charge in [-0.05, 0) is 81.8 Å². The van der Waals surface area contributed by atoms with Crippen molar-refractivity contribution in [3.63, 3.8) is 0 Å². The Bertz CT molecular complexity index is 2130. The van der Waals surface area contributed by atoms with Gasteiger partial charge >= 0.3 is 13.3 Å². The minimum atomic E-state index is -4.85. The van der Waals surface area contributed by atoms with Crippen molar-refractivity contribution >= 4 is 75.6 Å². The molecule has 5 N–H and O–H groups in total. The van der Waals surface area contributed by atoms with Crippen molar-refractivity contribution in [3.05, 3.63) is 74.4 Å². The second-order valence-electron chi connectivity index (χ2n) is 13.4. The number of aromatic nitrogens is 1. The van der Waals surface area contributed by atoms with E-state index in [0.29, 0.717) is 51.6 Å². The first-order valence-corrected chi connectivity index (χ1v) is 21.8. The molecule has 2 aliphatic heterocycles. The van der Waals surface area contributed by atoms with Crippen LogP contribution < -0.4 is 21.7 Å². The highest BCUT2D eigenvalue weighted by molar-refractivity contribution is 7.54. The lowest BCUT2D eigenvalue weighted by Gasteiger charge is -2.35. The zero-order chi connectivity index (χ0) is 40.2. The van der Waals surface area contributed by atoms with Crippen LogP contribution in [0.4, 0.5) is 8.78 Å². The van der Waals surface area contributed by atoms with Gasteiger partial charge in [0.1, 0.15) is 17.1 Å². The van der Waals surface area contributed by atoms with E-state index in [9.17, 15) is 23.7 Å². The lowest BCUT2D eigenvalue weighted by atomic mass is 10.1. The molecule has 56 heavy (non-hydrogen) atoms. The predicted octanol–water partition coefficient (Wildman–Crippen LogP) is 6.57. The Labute approximate surface area is 335 Å². The number of hydrogen-bond acceptors (Lipinski definition) is 11. The standard InChI is InChI=1S/C37H42ClF2N6O7PS2/c1-3-52-54(51,53-4-2)37(39,40)23-7-13-30-22(17-23)18-31(56-30)34(49)44-27-19-42-16-15-25-10-12-29(46(25)36(27)50)33(48)43-26(11-14-32(41)47)35-45-28(20-55-35)21-5-8-24(38)9-6-21/h5-9,13,17-18,20,25-27,29,42H,3-4,10-12,14-16,19H2,1-2H3,(H2,41,47)(H,43,48)(H,44,49)/t25-,26+,27+,29+/m1/s1. The summed E-state index contributed by atoms with van der Waals surface area (Å²) in [5.74, 6) is -1.98. The first kappa shape index (κ1) is 41.8. The van der Waals surface area contributed by atoms with E-state index >= 15 is 8.78 Å². The van der Waals surface area contributed by atoms with Gasteiger partial charge in [0.15, 0.2) is 0 Å². The van der Waals surface area contributed by atoms with Crippen molar-refractivity contribution in [2.24, 2.45) is 5.73 Å². The van der Waals surface area contributed by atoms with E-state index < -0.39 is 60.6 Å². The van der Waals surface area contributed by atoms with Crippen molar-refractivity contribution < 1.29 is 41.6 Å². The number of nitrogens with zero attached hydrogens (tertiary/aromatic N) is 2. The Morgan fingerprint density at radius 1 is 1.11 bits per heavy atom. The second kappa shape index (κ2) is 17.8. The number of carbonyl (C=O) groups excluding carboxylic acids is 4. The van der Waals surface area contributed by atoms with Crippen molar-refractivity contribution in [2.45, 2.75) is 75.8 Å². The summed E-state index contributed by atoms with van der Waals surface area (Å²) in [5, 5.41) is 12.3. The minimum Gasteiger partial charge on any atom is -0.370 e. The Morgan fingerprint density at radius 3 is 2.54 bits per heavy atom. The predicted molar refractivity (Wildman–Crippen MR) is 211 cm³/mol. The molecule has 13 nitrogen and oxygen atoms in total. The number of carbonyl (C=O) groups is 4. The minimum absolute atomic E-state index is 0.000659. The van der Waals surface area contributed by atoms with Crippen molar-refractivity contribution in [1.29, 1.82) is 0 Å². The molecule has 6 rings (SSSR count). The maximum absolute atomic E-state index is 15.5. The molecule has 4 heterocycles. The van der Waals surface area contributed by atoms with Crippen LogP contribution in [0.1, 0.15) is 72.2 Å². The van der Waals surface area contributed by atoms with Crippen LogP contribution in [-0.4, -0.2) is 77.9 Å². The zero-order valence-electron chi connectivity index (χ0n) is 30.6. The van der Waals surface area contributed by atoms with Crippen molar-refractivity contribution in [2.75, 3.05) is 26.3 Å². The molecule has 2 aromatic carbocycles. The summed E-state index contributed by atoms with van der Waals surface area (Å²) in [5.41, 5.74) is 2.45. The van der Waals surface area contributed by atoms with Crippen molar-refractivity contribution in [3.8, 4) is 11.3 Å². The molecule has 0 bridgehead atoms. The van der Waals surface area contributed by atoms with E-state index in [-0.39, 0.29) is 43.5 Å². The molecule has 19 heteroatoms. The number of hydrogen-bond donors (Lipinski definition) is 4. The van der Waals surface area contributed by atoms with Crippen LogP contribution in [0.25, 0.3) is 21.3 Å². The summed E-state index contributed by atoms with van der Waals surface area (Å²) in [4.78, 5) is 60.1. The quantitative estimate of drug-likeness (QED) is 0.0963. The summed E-state index contributed by atoms with van der Waals surface area (Å²) >= 11 is 8.42. The first-order chi connectivity index (χ1) is 26.7. The Kier molecular flexibility index (Phi) is 13.3. The zero-order valence-corrected chi connectivity index (χ0v) is 33.9. The topological polar surface area (TPSA) is 182 Å². The second-order valence-corrected chi connectivity index (χ2v) is 17.9. The maximum atomic E-state index is 15.5. The number of alkyl halides is 2. The molecule has 2 aromatic heterocycles. The highest BCUT2D eigenvalue weighted by Crippen LogP contribution is 2.67. The number of rotatable bonds is 15. The van der Waals surface area contributed by atoms with Gasteiger partial charge in [-0.25, -0.2) is 4.98 Å². The third-order valence-corrected chi connectivity index (χ3v) is 14.1. The summed E-state index contributed by atoms with van der Waals surface area (Å²) in [6.07, 6.45) is 1.76. The van der Waals surface area contributed by atoms with Crippen LogP contribution >= 0.6 is 41.9 Å². The van der Waals surface area contributed by atoms with Gasteiger partial charge in [-0.15, -0.1) is 22.7 Å². The van der Waals surface area contributed by atoms with E-state index in [0.717, 1.165) is 29.0 Å². The molecule has 0 saturated carbocycles. The van der Waals surface area contributed by atoms with E-state index in [2.05, 4.69) is 16.0 Å². The average molecular weight is 851 g/mol. The summed E-state index contributed by atoms with van der Waals surface area (Å²) in [6, 6.07) is 9.48. The lowest BCUT2D eigenvalue weighted by Crippen LogP contribution is -2.60. The molecule has 2 aliphatic rings. The summed E-state index contributed by atoms with van der Waals surface area (Å²) < 4.78 is 54.4. The molecule has 0 aliphatic carbocycles. The fourth-order valence-corrected chi connectivity index (χ4v) is 10.5. The van der Waals surface area contributed by atoms with Crippen LogP contribution in [0, 0.1) is 0 Å². The number of halogens is 3. The van der Waals surface area contributed by atoms with Gasteiger partial charge in [0.05, 0.1) is 29.8 Å². The smallest absolute Gasteiger partial charge is 0.370 e. The van der Waals surface area contributed by atoms with Crippen LogP contribution in [-0.2, 0) is 33.7 Å². The van der Waals surface area contributed by atoms with E-state index in [4.69, 9.17) is 31.4 Å². The number of primary amides is 1. The monoisotopic (exact) mass is 850 g/mol. The van der Waals surface area contributed by atoms with E-state index in [1.54, 1.807) is 17.0 Å². The summed E-state index contributed by atoms with van der Waals surface area (Å²) in [6.45, 7) is 3.03. The van der Waals surface area contributed by atoms with Crippen LogP contribution in [0.2, 0.25) is 5.02 Å². The maximum Gasteiger partial charge on any atom is 0.404 e. The Morgan fingerprint density at radius 2 is 1.84 bits per heavy atom.